The van der Waals surface area contributed by atoms with E-state index in [0.29, 0.717) is 30.3 Å². The van der Waals surface area contributed by atoms with E-state index >= 15 is 0 Å². The van der Waals surface area contributed by atoms with E-state index in [0.717, 1.165) is 0 Å². The zero-order chi connectivity index (χ0) is 17.3. The van der Waals surface area contributed by atoms with Crippen molar-refractivity contribution in [3.8, 4) is 11.5 Å². The Kier molecular flexibility index (Phi) is 7.03. The molecule has 0 spiro atoms. The molecule has 0 radical (unpaired) electrons. The Bertz CT molecular complexity index is 590. The normalized spacial score (nSPS) is 11.2. The lowest BCUT2D eigenvalue weighted by atomic mass is 10.3. The topological polar surface area (TPSA) is 115 Å². The molecule has 130 valence electrons. The summed E-state index contributed by atoms with van der Waals surface area (Å²) in [6.45, 7) is 1.09. The van der Waals surface area contributed by atoms with Crippen LogP contribution in [-0.4, -0.2) is 35.4 Å². The quantitative estimate of drug-likeness (QED) is 0.435. The third-order valence-corrected chi connectivity index (χ3v) is 4.99. The van der Waals surface area contributed by atoms with Crippen LogP contribution in [0.25, 0.3) is 0 Å². The monoisotopic (exact) mass is 349 g/mol. The van der Waals surface area contributed by atoms with Crippen molar-refractivity contribution >= 4 is 14.7 Å². The van der Waals surface area contributed by atoms with Crippen LogP contribution >= 0.6 is 0 Å². The molecule has 0 heterocycles. The Morgan fingerprint density at radius 3 is 1.71 bits per heavy atom. The van der Waals surface area contributed by atoms with Gasteiger partial charge in [0, 0.05) is 18.8 Å². The number of nitrogen functional groups attached to an aromatic ring is 1. The second-order valence-electron chi connectivity index (χ2n) is 4.86. The molecule has 2 aromatic rings. The fourth-order valence-electron chi connectivity index (χ4n) is 1.86. The highest BCUT2D eigenvalue weighted by Gasteiger charge is 2.51. The number of benzene rings is 2. The maximum absolute atomic E-state index is 5.97. The first-order valence-electron chi connectivity index (χ1n) is 7.64. The summed E-state index contributed by atoms with van der Waals surface area (Å²) in [5.41, 5.74) is 17.5. The average Bonchev–Trinajstić information content (AvgIpc) is 2.61. The van der Waals surface area contributed by atoms with Gasteiger partial charge in [0.15, 0.2) is 0 Å². The lowest BCUT2D eigenvalue weighted by Crippen LogP contribution is -2.56. The van der Waals surface area contributed by atoms with Gasteiger partial charge in [-0.2, -0.15) is 0 Å². The van der Waals surface area contributed by atoms with Gasteiger partial charge < -0.3 is 34.9 Å². The van der Waals surface area contributed by atoms with Gasteiger partial charge in [0.05, 0.1) is 13.2 Å². The Balaban J connectivity index is 2.26. The van der Waals surface area contributed by atoms with E-state index in [2.05, 4.69) is 0 Å². The predicted octanol–water partition coefficient (Wildman–Crippen LogP) is 1.11. The van der Waals surface area contributed by atoms with Crippen molar-refractivity contribution in [3.63, 3.8) is 0 Å². The van der Waals surface area contributed by atoms with Crippen LogP contribution in [0.4, 0.5) is 5.69 Å². The van der Waals surface area contributed by atoms with E-state index in [1.807, 2.05) is 18.2 Å². The van der Waals surface area contributed by atoms with Gasteiger partial charge in [-0.15, -0.1) is 0 Å². The largest absolute Gasteiger partial charge is 0.820 e. The zero-order valence-electron chi connectivity index (χ0n) is 13.4. The van der Waals surface area contributed by atoms with Crippen LogP contribution in [0.5, 0.6) is 11.5 Å². The molecule has 0 aliphatic rings. The van der Waals surface area contributed by atoms with E-state index in [9.17, 15) is 0 Å². The molecule has 24 heavy (non-hydrogen) atoms. The molecule has 0 bridgehead atoms. The highest BCUT2D eigenvalue weighted by Crippen LogP contribution is 2.23. The molecule has 0 aromatic heterocycles. The van der Waals surface area contributed by atoms with Crippen LogP contribution in [0.1, 0.15) is 0 Å². The molecular formula is C16H23N3O4Si. The summed E-state index contributed by atoms with van der Waals surface area (Å²) in [5.74, 6) is 1.11. The third kappa shape index (κ3) is 5.51. The zero-order valence-corrected chi connectivity index (χ0v) is 14.4. The number of nitrogens with two attached hydrogens (primary N) is 3. The molecule has 0 saturated heterocycles. The second kappa shape index (κ2) is 9.26. The average molecular weight is 349 g/mol. The van der Waals surface area contributed by atoms with Crippen LogP contribution in [0, 0.1) is 0 Å². The first-order valence-corrected chi connectivity index (χ1v) is 9.27. The van der Waals surface area contributed by atoms with Crippen molar-refractivity contribution in [1.82, 2.24) is 0 Å². The first kappa shape index (κ1) is 18.2. The van der Waals surface area contributed by atoms with Crippen LogP contribution in [0.15, 0.2) is 54.6 Å². The highest BCUT2D eigenvalue weighted by atomic mass is 28.4. The number of anilines is 1. The lowest BCUT2D eigenvalue weighted by Gasteiger charge is -2.28. The van der Waals surface area contributed by atoms with Crippen LogP contribution in [-0.2, 0) is 8.85 Å². The van der Waals surface area contributed by atoms with E-state index in [4.69, 9.17) is 34.9 Å². The summed E-state index contributed by atoms with van der Waals surface area (Å²) in [7, 11) is -3.54. The second-order valence-corrected chi connectivity index (χ2v) is 6.85. The van der Waals surface area contributed by atoms with Gasteiger partial charge in [0.2, 0.25) is 0 Å². The summed E-state index contributed by atoms with van der Waals surface area (Å²) < 4.78 is 23.5. The molecule has 0 aliphatic carbocycles. The molecule has 0 atom stereocenters. The molecule has 2 aromatic carbocycles. The van der Waals surface area contributed by atoms with Gasteiger partial charge in [-0.25, -0.2) is 0 Å². The number of hydrogen-bond donors (Lipinski definition) is 3. The van der Waals surface area contributed by atoms with Crippen molar-refractivity contribution in [2.24, 2.45) is 11.5 Å². The lowest BCUT2D eigenvalue weighted by molar-refractivity contribution is 0.0456. The fraction of sp³-hybridized carbons (Fsp3) is 0.250. The van der Waals surface area contributed by atoms with Crippen LogP contribution in [0.2, 0.25) is 0 Å². The fourth-order valence-corrected chi connectivity index (χ4v) is 3.81. The molecule has 0 fully saturated rings. The number of rotatable bonds is 10. The molecular weight excluding hydrogens is 326 g/mol. The maximum Gasteiger partial charge on any atom is 0.820 e. The summed E-state index contributed by atoms with van der Waals surface area (Å²) in [4.78, 5) is 0. The Morgan fingerprint density at radius 2 is 1.21 bits per heavy atom. The predicted molar refractivity (Wildman–Crippen MR) is 94.3 cm³/mol. The number of hydrogen-bond acceptors (Lipinski definition) is 7. The summed E-state index contributed by atoms with van der Waals surface area (Å²) in [6.07, 6.45) is 0. The summed E-state index contributed by atoms with van der Waals surface area (Å²) >= 11 is 0. The first-order chi connectivity index (χ1) is 11.7. The van der Waals surface area contributed by atoms with Gasteiger partial charge in [-0.3, -0.25) is 0 Å². The Labute approximate surface area is 142 Å². The van der Waals surface area contributed by atoms with Crippen LogP contribution in [0.3, 0.4) is 0 Å². The van der Waals surface area contributed by atoms with Crippen LogP contribution < -0.4 is 26.1 Å². The highest BCUT2D eigenvalue weighted by molar-refractivity contribution is 6.55. The SMILES string of the molecule is NCCO[Si](OCCN)(Oc1ccccc1)Oc1ccc(N)cc1. The van der Waals surface area contributed by atoms with Crippen molar-refractivity contribution in [1.29, 1.82) is 0 Å². The smallest absolute Gasteiger partial charge is 0.471 e. The van der Waals surface area contributed by atoms with E-state index < -0.39 is 9.05 Å². The van der Waals surface area contributed by atoms with Gasteiger partial charge in [-0.1, -0.05) is 18.2 Å². The molecule has 0 amide bonds. The van der Waals surface area contributed by atoms with Gasteiger partial charge in [0.1, 0.15) is 11.5 Å². The molecule has 2 rings (SSSR count). The van der Waals surface area contributed by atoms with Crippen molar-refractivity contribution in [2.45, 2.75) is 0 Å². The molecule has 0 saturated carbocycles. The summed E-state index contributed by atoms with van der Waals surface area (Å²) in [6, 6.07) is 16.1. The van der Waals surface area contributed by atoms with E-state index in [-0.39, 0.29) is 13.2 Å². The van der Waals surface area contributed by atoms with Crippen molar-refractivity contribution in [2.75, 3.05) is 32.0 Å². The molecule has 6 N–H and O–H groups in total. The summed E-state index contributed by atoms with van der Waals surface area (Å²) in [5, 5.41) is 0. The standard InChI is InChI=1S/C16H23N3O4Si/c17-10-12-20-24(21-13-11-18,22-15-4-2-1-3-5-15)23-16-8-6-14(19)7-9-16/h1-9H,10-13,17-19H2. The maximum atomic E-state index is 5.97. The van der Waals surface area contributed by atoms with E-state index in [1.54, 1.807) is 36.4 Å². The Hall–Kier alpha value is -2.10. The Morgan fingerprint density at radius 1 is 0.708 bits per heavy atom. The van der Waals surface area contributed by atoms with Gasteiger partial charge in [0.25, 0.3) is 0 Å². The van der Waals surface area contributed by atoms with Gasteiger partial charge in [-0.05, 0) is 36.4 Å². The molecule has 0 aliphatic heterocycles. The van der Waals surface area contributed by atoms with E-state index in [1.165, 1.54) is 0 Å². The minimum absolute atomic E-state index is 0.235. The molecule has 8 heteroatoms. The number of para-hydroxylation sites is 1. The van der Waals surface area contributed by atoms with Crippen molar-refractivity contribution < 1.29 is 17.7 Å². The minimum Gasteiger partial charge on any atom is -0.471 e. The molecule has 0 unspecified atom stereocenters. The third-order valence-electron chi connectivity index (χ3n) is 2.90. The van der Waals surface area contributed by atoms with Gasteiger partial charge >= 0.3 is 9.05 Å². The molecule has 7 nitrogen and oxygen atoms in total. The minimum atomic E-state index is -3.54. The van der Waals surface area contributed by atoms with Crippen molar-refractivity contribution in [3.05, 3.63) is 54.6 Å².